The Bertz CT molecular complexity index is 1680. The molecule has 2 unspecified atom stereocenters. The summed E-state index contributed by atoms with van der Waals surface area (Å²) in [6.07, 6.45) is -0.825. The number of pyridine rings is 1. The van der Waals surface area contributed by atoms with Crippen molar-refractivity contribution in [2.24, 2.45) is 0 Å². The Labute approximate surface area is 251 Å². The number of amides is 1. The molecule has 11 heteroatoms. The zero-order chi connectivity index (χ0) is 31.2. The van der Waals surface area contributed by atoms with Crippen LogP contribution in [0.5, 0.6) is 5.75 Å². The van der Waals surface area contributed by atoms with Crippen molar-refractivity contribution in [1.82, 2.24) is 20.1 Å². The van der Waals surface area contributed by atoms with E-state index in [0.29, 0.717) is 47.5 Å². The predicted molar refractivity (Wildman–Crippen MR) is 153 cm³/mol. The number of benzene rings is 2. The second kappa shape index (κ2) is 11.3. The fourth-order valence-corrected chi connectivity index (χ4v) is 6.33. The van der Waals surface area contributed by atoms with Gasteiger partial charge in [0, 0.05) is 35.0 Å². The highest BCUT2D eigenvalue weighted by atomic mass is 19.4. The first-order valence-corrected chi connectivity index (χ1v) is 14.6. The third kappa shape index (κ3) is 5.79. The van der Waals surface area contributed by atoms with E-state index in [1.165, 1.54) is 12.1 Å². The molecule has 6 nitrogen and oxygen atoms in total. The van der Waals surface area contributed by atoms with Crippen molar-refractivity contribution in [3.63, 3.8) is 0 Å². The van der Waals surface area contributed by atoms with Crippen LogP contribution in [0.2, 0.25) is 0 Å². The molecule has 0 spiro atoms. The van der Waals surface area contributed by atoms with Crippen molar-refractivity contribution in [2.45, 2.75) is 76.2 Å². The summed E-state index contributed by atoms with van der Waals surface area (Å²) in [6, 6.07) is 14.2. The van der Waals surface area contributed by atoms with Crippen molar-refractivity contribution in [3.8, 4) is 16.9 Å². The molecule has 2 aliphatic carbocycles. The molecule has 0 radical (unpaired) electrons. The Hall–Kier alpha value is -4.28. The van der Waals surface area contributed by atoms with E-state index in [2.05, 4.69) is 15.4 Å². The number of nitrogens with zero attached hydrogens (tertiary/aromatic N) is 3. The lowest BCUT2D eigenvalue weighted by molar-refractivity contribution is -0.142. The van der Waals surface area contributed by atoms with Crippen LogP contribution in [-0.4, -0.2) is 26.8 Å². The number of hydrogen-bond acceptors (Lipinski definition) is 4. The van der Waals surface area contributed by atoms with Gasteiger partial charge in [0.05, 0.1) is 17.3 Å². The van der Waals surface area contributed by atoms with E-state index in [9.17, 15) is 26.7 Å². The van der Waals surface area contributed by atoms with Crippen LogP contribution >= 0.6 is 0 Å². The monoisotopic (exact) mass is 610 g/mol. The maximum Gasteiger partial charge on any atom is 0.435 e. The van der Waals surface area contributed by atoms with Crippen molar-refractivity contribution >= 4 is 5.91 Å². The summed E-state index contributed by atoms with van der Waals surface area (Å²) in [5.41, 5.74) is 0.739. The summed E-state index contributed by atoms with van der Waals surface area (Å²) in [6.45, 7) is 3.41. The molecular weight excluding hydrogens is 579 g/mol. The molecule has 1 amide bonds. The van der Waals surface area contributed by atoms with E-state index in [4.69, 9.17) is 4.74 Å². The number of aromatic nitrogens is 3. The molecule has 2 aromatic carbocycles. The van der Waals surface area contributed by atoms with Gasteiger partial charge in [0.1, 0.15) is 23.9 Å². The Morgan fingerprint density at radius 3 is 2.45 bits per heavy atom. The SMILES string of the molecule is CC(C)Oc1ccc(-c2cccnc2C2(NC(=O)Cn3nc(C(F)(F)F)c4c3CCCC4)CC2c2cc(F)cc(F)c2)cc1. The fourth-order valence-electron chi connectivity index (χ4n) is 6.33. The lowest BCUT2D eigenvalue weighted by Crippen LogP contribution is -2.39. The summed E-state index contributed by atoms with van der Waals surface area (Å²) >= 11 is 0. The molecule has 44 heavy (non-hydrogen) atoms. The highest BCUT2D eigenvalue weighted by molar-refractivity contribution is 5.79. The second-order valence-corrected chi connectivity index (χ2v) is 11.7. The maximum absolute atomic E-state index is 14.3. The average Bonchev–Trinajstić information content (AvgIpc) is 3.57. The van der Waals surface area contributed by atoms with Gasteiger partial charge < -0.3 is 10.1 Å². The van der Waals surface area contributed by atoms with Crippen LogP contribution in [0.15, 0.2) is 60.8 Å². The zero-order valence-electron chi connectivity index (χ0n) is 24.2. The van der Waals surface area contributed by atoms with Crippen LogP contribution in [0.1, 0.15) is 67.2 Å². The predicted octanol–water partition coefficient (Wildman–Crippen LogP) is 7.11. The minimum atomic E-state index is -4.63. The van der Waals surface area contributed by atoms with Crippen LogP contribution < -0.4 is 10.1 Å². The van der Waals surface area contributed by atoms with Crippen LogP contribution in [0.25, 0.3) is 11.1 Å². The van der Waals surface area contributed by atoms with E-state index in [1.54, 1.807) is 12.3 Å². The van der Waals surface area contributed by atoms with Crippen LogP contribution in [-0.2, 0) is 35.9 Å². The topological polar surface area (TPSA) is 69.0 Å². The molecule has 2 heterocycles. The van der Waals surface area contributed by atoms with E-state index in [1.807, 2.05) is 44.2 Å². The molecule has 1 saturated carbocycles. The van der Waals surface area contributed by atoms with Crippen molar-refractivity contribution in [3.05, 3.63) is 101 Å². The summed E-state index contributed by atoms with van der Waals surface area (Å²) in [4.78, 5) is 18.3. The number of rotatable bonds is 8. The first-order valence-electron chi connectivity index (χ1n) is 14.6. The third-order valence-electron chi connectivity index (χ3n) is 8.20. The Kier molecular flexibility index (Phi) is 7.67. The van der Waals surface area contributed by atoms with Gasteiger partial charge in [-0.3, -0.25) is 14.5 Å². The average molecular weight is 611 g/mol. The summed E-state index contributed by atoms with van der Waals surface area (Å²) in [7, 11) is 0. The Morgan fingerprint density at radius 2 is 1.77 bits per heavy atom. The maximum atomic E-state index is 14.3. The molecule has 230 valence electrons. The third-order valence-corrected chi connectivity index (χ3v) is 8.20. The van der Waals surface area contributed by atoms with Crippen molar-refractivity contribution < 1.29 is 31.5 Å². The Balaban J connectivity index is 1.37. The molecule has 0 aliphatic heterocycles. The van der Waals surface area contributed by atoms with Gasteiger partial charge in [0.15, 0.2) is 5.69 Å². The van der Waals surface area contributed by atoms with Gasteiger partial charge in [-0.25, -0.2) is 8.78 Å². The molecule has 2 aromatic heterocycles. The zero-order valence-corrected chi connectivity index (χ0v) is 24.2. The van der Waals surface area contributed by atoms with Crippen LogP contribution in [0.4, 0.5) is 22.0 Å². The number of halogens is 5. The van der Waals surface area contributed by atoms with Crippen LogP contribution in [0.3, 0.4) is 0 Å². The van der Waals surface area contributed by atoms with Crippen LogP contribution in [0, 0.1) is 11.6 Å². The van der Waals surface area contributed by atoms with Crippen molar-refractivity contribution in [2.75, 3.05) is 0 Å². The molecule has 0 saturated heterocycles. The second-order valence-electron chi connectivity index (χ2n) is 11.7. The van der Waals surface area contributed by atoms with Crippen molar-refractivity contribution in [1.29, 1.82) is 0 Å². The molecular formula is C33H31F5N4O2. The van der Waals surface area contributed by atoms with Gasteiger partial charge in [0.25, 0.3) is 0 Å². The largest absolute Gasteiger partial charge is 0.491 e. The highest BCUT2D eigenvalue weighted by Crippen LogP contribution is 2.59. The molecule has 2 aliphatic rings. The summed E-state index contributed by atoms with van der Waals surface area (Å²) < 4.78 is 76.8. The van der Waals surface area contributed by atoms with Gasteiger partial charge >= 0.3 is 6.18 Å². The number of alkyl halides is 3. The number of carbonyl (C=O) groups is 1. The summed E-state index contributed by atoms with van der Waals surface area (Å²) in [5, 5.41) is 6.83. The molecule has 6 rings (SSSR count). The normalized spacial score (nSPS) is 19.5. The molecule has 2 atom stereocenters. The number of ether oxygens (including phenoxy) is 1. The number of fused-ring (bicyclic) bond motifs is 1. The number of carbonyl (C=O) groups excluding carboxylic acids is 1. The lowest BCUT2D eigenvalue weighted by atomic mass is 9.94. The molecule has 4 aromatic rings. The van der Waals surface area contributed by atoms with E-state index < -0.39 is 47.4 Å². The first kappa shape index (κ1) is 29.8. The van der Waals surface area contributed by atoms with Gasteiger partial charge in [0.2, 0.25) is 5.91 Å². The van der Waals surface area contributed by atoms with E-state index >= 15 is 0 Å². The molecule has 1 fully saturated rings. The minimum absolute atomic E-state index is 0.0141. The number of nitrogens with one attached hydrogen (secondary N) is 1. The molecule has 0 bridgehead atoms. The molecule has 1 N–H and O–H groups in total. The minimum Gasteiger partial charge on any atom is -0.491 e. The summed E-state index contributed by atoms with van der Waals surface area (Å²) in [5.74, 6) is -1.94. The highest BCUT2D eigenvalue weighted by Gasteiger charge is 2.59. The van der Waals surface area contributed by atoms with E-state index in [0.717, 1.165) is 16.3 Å². The van der Waals surface area contributed by atoms with Gasteiger partial charge in [-0.2, -0.15) is 18.3 Å². The number of hydrogen-bond donors (Lipinski definition) is 1. The fraction of sp³-hybridized carbons (Fsp3) is 0.364. The Morgan fingerprint density at radius 1 is 1.07 bits per heavy atom. The van der Waals surface area contributed by atoms with E-state index in [-0.39, 0.29) is 24.5 Å². The van der Waals surface area contributed by atoms with Gasteiger partial charge in [-0.1, -0.05) is 18.2 Å². The van der Waals surface area contributed by atoms with Gasteiger partial charge in [-0.15, -0.1) is 0 Å². The standard InChI is InChI=1S/C33H31F5N4O2/c1-19(2)44-24-11-9-20(10-12-24)25-7-5-13-39-30(25)32(17-27(32)21-14-22(34)16-23(35)15-21)40-29(43)18-42-28-8-4-3-6-26(28)31(41-42)33(36,37)38/h5,7,9-16,19,27H,3-4,6,8,17-18H2,1-2H3,(H,40,43). The first-order chi connectivity index (χ1) is 20.9. The lowest BCUT2D eigenvalue weighted by Gasteiger charge is -2.23. The van der Waals surface area contributed by atoms with Gasteiger partial charge in [-0.05, 0) is 87.4 Å². The quantitative estimate of drug-likeness (QED) is 0.216. The smallest absolute Gasteiger partial charge is 0.435 e.